The Balaban J connectivity index is 1.39. The Kier molecular flexibility index (Phi) is 5.22. The van der Waals surface area contributed by atoms with E-state index in [-0.39, 0.29) is 0 Å². The van der Waals surface area contributed by atoms with Crippen molar-refractivity contribution in [2.45, 2.75) is 0 Å². The minimum absolute atomic E-state index is 0.361. The van der Waals surface area contributed by atoms with Gasteiger partial charge in [0, 0.05) is 32.8 Å². The maximum atomic E-state index is 10.4. The molecule has 0 N–H and O–H groups in total. The molecule has 0 atom stereocenters. The third-order valence-electron chi connectivity index (χ3n) is 8.23. The molecule has 0 aliphatic heterocycles. The van der Waals surface area contributed by atoms with Crippen LogP contribution in [0, 0.1) is 22.7 Å². The van der Waals surface area contributed by atoms with E-state index < -0.39 is 0 Å². The van der Waals surface area contributed by atoms with Crippen LogP contribution in [0.15, 0.2) is 133 Å². The predicted molar refractivity (Wildman–Crippen MR) is 170 cm³/mol. The number of rotatable bonds is 3. The lowest BCUT2D eigenvalue weighted by molar-refractivity contribution is 1.16. The molecular formula is C38H22N4. The highest BCUT2D eigenvalue weighted by molar-refractivity contribution is 6.10. The van der Waals surface area contributed by atoms with E-state index in [1.807, 2.05) is 30.3 Å². The van der Waals surface area contributed by atoms with Gasteiger partial charge in [0.1, 0.15) is 12.1 Å². The molecule has 6 aromatic carbocycles. The molecule has 2 heterocycles. The molecule has 0 spiro atoms. The lowest BCUT2D eigenvalue weighted by Crippen LogP contribution is -2.03. The van der Waals surface area contributed by atoms with Gasteiger partial charge in [0.15, 0.2) is 0 Å². The minimum atomic E-state index is 0.361. The molecule has 42 heavy (non-hydrogen) atoms. The van der Waals surface area contributed by atoms with E-state index in [1.165, 1.54) is 10.8 Å². The van der Waals surface area contributed by atoms with E-state index in [1.54, 1.807) is 6.07 Å². The van der Waals surface area contributed by atoms with Crippen LogP contribution in [0.25, 0.3) is 66.1 Å². The van der Waals surface area contributed by atoms with Crippen molar-refractivity contribution in [3.05, 3.63) is 145 Å². The van der Waals surface area contributed by atoms with E-state index in [0.717, 1.165) is 55.3 Å². The molecule has 0 aliphatic carbocycles. The van der Waals surface area contributed by atoms with Crippen LogP contribution in [0.3, 0.4) is 0 Å². The van der Waals surface area contributed by atoms with E-state index in [0.29, 0.717) is 11.1 Å². The van der Waals surface area contributed by atoms with Crippen molar-refractivity contribution in [1.29, 1.82) is 10.5 Å². The number of hydrogen-bond acceptors (Lipinski definition) is 2. The molecule has 0 saturated heterocycles. The van der Waals surface area contributed by atoms with Gasteiger partial charge < -0.3 is 9.13 Å². The average Bonchev–Trinajstić information content (AvgIpc) is 3.57. The third-order valence-corrected chi connectivity index (χ3v) is 8.23. The fourth-order valence-corrected chi connectivity index (χ4v) is 6.42. The summed E-state index contributed by atoms with van der Waals surface area (Å²) in [6.07, 6.45) is 0. The fraction of sp³-hybridized carbons (Fsp3) is 0. The first-order valence-electron chi connectivity index (χ1n) is 13.8. The number of nitriles is 2. The highest BCUT2D eigenvalue weighted by atomic mass is 15.0. The number of hydrogen-bond donors (Lipinski definition) is 0. The Morgan fingerprint density at radius 2 is 0.881 bits per heavy atom. The first kappa shape index (κ1) is 23.8. The SMILES string of the molecule is N#Cc1ccc(-c2ccc(-n3c4ccccc4c4ccccc43)cc2)c(-n2c3ccccc3c3ccccc32)c1C#N. The van der Waals surface area contributed by atoms with E-state index in [4.69, 9.17) is 0 Å². The van der Waals surface area contributed by atoms with Crippen LogP contribution in [0.5, 0.6) is 0 Å². The molecule has 194 valence electrons. The molecule has 8 rings (SSSR count). The number of benzene rings is 6. The molecule has 0 aliphatic rings. The molecule has 4 heteroatoms. The molecule has 0 unspecified atom stereocenters. The first-order valence-corrected chi connectivity index (χ1v) is 13.8. The Labute approximate surface area is 242 Å². The van der Waals surface area contributed by atoms with Gasteiger partial charge in [0.25, 0.3) is 0 Å². The van der Waals surface area contributed by atoms with Crippen molar-refractivity contribution >= 4 is 43.6 Å². The summed E-state index contributed by atoms with van der Waals surface area (Å²) in [6.45, 7) is 0. The lowest BCUT2D eigenvalue weighted by Gasteiger charge is -2.17. The summed E-state index contributed by atoms with van der Waals surface area (Å²) in [5, 5.41) is 25.0. The summed E-state index contributed by atoms with van der Waals surface area (Å²) in [6, 6.07) is 50.2. The fourth-order valence-electron chi connectivity index (χ4n) is 6.42. The van der Waals surface area contributed by atoms with E-state index in [2.05, 4.69) is 118 Å². The van der Waals surface area contributed by atoms with Crippen molar-refractivity contribution in [3.8, 4) is 34.6 Å². The molecule has 0 saturated carbocycles. The normalized spacial score (nSPS) is 11.3. The smallest absolute Gasteiger partial charge is 0.103 e. The molecule has 0 radical (unpaired) electrons. The van der Waals surface area contributed by atoms with Crippen LogP contribution in [-0.4, -0.2) is 9.13 Å². The molecular weight excluding hydrogens is 512 g/mol. The Morgan fingerprint density at radius 3 is 1.33 bits per heavy atom. The minimum Gasteiger partial charge on any atom is -0.309 e. The molecule has 0 amide bonds. The topological polar surface area (TPSA) is 57.4 Å². The largest absolute Gasteiger partial charge is 0.309 e. The maximum Gasteiger partial charge on any atom is 0.103 e. The van der Waals surface area contributed by atoms with Gasteiger partial charge in [-0.15, -0.1) is 0 Å². The van der Waals surface area contributed by atoms with Crippen LogP contribution < -0.4 is 0 Å². The van der Waals surface area contributed by atoms with Gasteiger partial charge in [-0.1, -0.05) is 91.0 Å². The molecule has 4 nitrogen and oxygen atoms in total. The lowest BCUT2D eigenvalue weighted by atomic mass is 9.96. The van der Waals surface area contributed by atoms with E-state index >= 15 is 0 Å². The molecule has 0 bridgehead atoms. The number of fused-ring (bicyclic) bond motifs is 6. The van der Waals surface area contributed by atoms with Gasteiger partial charge in [-0.25, -0.2) is 0 Å². The zero-order chi connectivity index (χ0) is 28.2. The van der Waals surface area contributed by atoms with Gasteiger partial charge >= 0.3 is 0 Å². The van der Waals surface area contributed by atoms with Gasteiger partial charge in [0.05, 0.1) is 38.9 Å². The number of aromatic nitrogens is 2. The maximum absolute atomic E-state index is 10.4. The third kappa shape index (κ3) is 3.33. The Morgan fingerprint density at radius 1 is 0.429 bits per heavy atom. The van der Waals surface area contributed by atoms with Crippen LogP contribution in [0.1, 0.15) is 11.1 Å². The summed E-state index contributed by atoms with van der Waals surface area (Å²) >= 11 is 0. The summed E-state index contributed by atoms with van der Waals surface area (Å²) in [7, 11) is 0. The van der Waals surface area contributed by atoms with Gasteiger partial charge in [0.2, 0.25) is 0 Å². The van der Waals surface area contributed by atoms with Crippen molar-refractivity contribution in [1.82, 2.24) is 9.13 Å². The summed E-state index contributed by atoms with van der Waals surface area (Å²) in [5.41, 5.74) is 8.67. The Bertz CT molecular complexity index is 2320. The van der Waals surface area contributed by atoms with Crippen LogP contribution in [0.2, 0.25) is 0 Å². The second-order valence-corrected chi connectivity index (χ2v) is 10.4. The molecule has 8 aromatic rings. The van der Waals surface area contributed by atoms with Crippen LogP contribution in [-0.2, 0) is 0 Å². The predicted octanol–water partition coefficient (Wildman–Crippen LogP) is 9.29. The standard InChI is InChI=1S/C38H22N4/c39-23-26-19-22-28(38(33(26)24-40)42-36-15-7-3-11-31(36)32-12-4-8-16-37(32)42)25-17-20-27(21-18-25)41-34-13-5-1-9-29(34)30-10-2-6-14-35(30)41/h1-22H. The average molecular weight is 535 g/mol. The molecule has 0 fully saturated rings. The second kappa shape index (κ2) is 9.24. The zero-order valence-electron chi connectivity index (χ0n) is 22.5. The first-order chi connectivity index (χ1) is 20.8. The zero-order valence-corrected chi connectivity index (χ0v) is 22.5. The van der Waals surface area contributed by atoms with Crippen molar-refractivity contribution in [2.24, 2.45) is 0 Å². The highest BCUT2D eigenvalue weighted by Gasteiger charge is 2.21. The summed E-state index contributed by atoms with van der Waals surface area (Å²) in [4.78, 5) is 0. The van der Waals surface area contributed by atoms with Gasteiger partial charge in [-0.3, -0.25) is 0 Å². The van der Waals surface area contributed by atoms with Crippen LogP contribution >= 0.6 is 0 Å². The van der Waals surface area contributed by atoms with E-state index in [9.17, 15) is 10.5 Å². The monoisotopic (exact) mass is 534 g/mol. The van der Waals surface area contributed by atoms with Gasteiger partial charge in [-0.05, 0) is 48.0 Å². The Hall–Kier alpha value is -6.10. The molecule has 2 aromatic heterocycles. The summed E-state index contributed by atoms with van der Waals surface area (Å²) < 4.78 is 4.43. The van der Waals surface area contributed by atoms with Crippen molar-refractivity contribution in [2.75, 3.05) is 0 Å². The number of para-hydroxylation sites is 4. The second-order valence-electron chi connectivity index (χ2n) is 10.4. The van der Waals surface area contributed by atoms with Crippen molar-refractivity contribution in [3.63, 3.8) is 0 Å². The van der Waals surface area contributed by atoms with Gasteiger partial charge in [-0.2, -0.15) is 10.5 Å². The van der Waals surface area contributed by atoms with Crippen LogP contribution in [0.4, 0.5) is 0 Å². The highest BCUT2D eigenvalue weighted by Crippen LogP contribution is 2.39. The quantitative estimate of drug-likeness (QED) is 0.227. The van der Waals surface area contributed by atoms with Crippen molar-refractivity contribution < 1.29 is 0 Å². The summed E-state index contributed by atoms with van der Waals surface area (Å²) in [5.74, 6) is 0. The number of nitrogens with zero attached hydrogens (tertiary/aromatic N) is 4.